The molecule has 0 radical (unpaired) electrons. The predicted molar refractivity (Wildman–Crippen MR) is 152 cm³/mol. The van der Waals surface area contributed by atoms with E-state index in [1.807, 2.05) is 0 Å². The minimum Gasteiger partial charge on any atom is -0.466 e. The Labute approximate surface area is 236 Å². The van der Waals surface area contributed by atoms with Crippen LogP contribution in [0.4, 0.5) is 5.69 Å². The van der Waals surface area contributed by atoms with Crippen LogP contribution in [0.3, 0.4) is 0 Å². The van der Waals surface area contributed by atoms with Crippen LogP contribution in [-0.4, -0.2) is 79.6 Å². The lowest BCUT2D eigenvalue weighted by atomic mass is 9.80. The van der Waals surface area contributed by atoms with Gasteiger partial charge in [0.25, 0.3) is 5.69 Å². The highest BCUT2D eigenvalue weighted by atomic mass is 16.6. The van der Waals surface area contributed by atoms with Gasteiger partial charge >= 0.3 is 11.9 Å². The van der Waals surface area contributed by atoms with Crippen LogP contribution in [0, 0.1) is 27.9 Å². The topological polar surface area (TPSA) is 114 Å². The number of nitrogens with one attached hydrogen (secondary N) is 1. The second kappa shape index (κ2) is 13.6. The second-order valence-electron chi connectivity index (χ2n) is 11.1. The number of ether oxygens (including phenoxy) is 2. The van der Waals surface area contributed by atoms with E-state index in [2.05, 4.69) is 34.9 Å². The van der Waals surface area contributed by atoms with E-state index in [9.17, 15) is 19.7 Å². The molecule has 0 amide bonds. The van der Waals surface area contributed by atoms with E-state index < -0.39 is 22.8 Å². The van der Waals surface area contributed by atoms with Crippen LogP contribution in [0.15, 0.2) is 46.8 Å². The number of esters is 2. The Kier molecular flexibility index (Phi) is 10.5. The van der Waals surface area contributed by atoms with E-state index in [0.29, 0.717) is 17.0 Å². The van der Waals surface area contributed by atoms with Gasteiger partial charge < -0.3 is 24.6 Å². The van der Waals surface area contributed by atoms with Crippen molar-refractivity contribution < 1.29 is 24.0 Å². The number of carbonyl (C=O) groups excluding carboxylic acids is 2. The van der Waals surface area contributed by atoms with Crippen LogP contribution in [0.5, 0.6) is 0 Å². The molecule has 0 spiro atoms. The summed E-state index contributed by atoms with van der Waals surface area (Å²) < 4.78 is 10.9. The first-order chi connectivity index (χ1) is 19.0. The number of rotatable bonds is 11. The van der Waals surface area contributed by atoms with Gasteiger partial charge in [-0.3, -0.25) is 10.1 Å². The van der Waals surface area contributed by atoms with Gasteiger partial charge in [-0.05, 0) is 32.4 Å². The van der Waals surface area contributed by atoms with E-state index >= 15 is 0 Å². The van der Waals surface area contributed by atoms with Crippen molar-refractivity contribution in [2.75, 3.05) is 53.0 Å². The van der Waals surface area contributed by atoms with Crippen molar-refractivity contribution in [3.8, 4) is 12.3 Å². The van der Waals surface area contributed by atoms with E-state index in [-0.39, 0.29) is 28.9 Å². The number of terminal acetylenes is 1. The Balaban J connectivity index is 1.75. The smallest absolute Gasteiger partial charge is 0.336 e. The van der Waals surface area contributed by atoms with E-state index in [1.165, 1.54) is 25.3 Å². The molecule has 1 aromatic rings. The first kappa shape index (κ1) is 30.9. The van der Waals surface area contributed by atoms with Crippen LogP contribution >= 0.6 is 0 Å². The van der Waals surface area contributed by atoms with Crippen molar-refractivity contribution in [2.24, 2.45) is 5.41 Å². The van der Waals surface area contributed by atoms with Gasteiger partial charge in [0.05, 0.1) is 35.7 Å². The van der Waals surface area contributed by atoms with Gasteiger partial charge in [0.1, 0.15) is 0 Å². The molecule has 1 saturated heterocycles. The average molecular weight is 553 g/mol. The van der Waals surface area contributed by atoms with E-state index in [4.69, 9.17) is 15.9 Å². The van der Waals surface area contributed by atoms with Gasteiger partial charge in [0.2, 0.25) is 0 Å². The zero-order chi connectivity index (χ0) is 29.4. The zero-order valence-corrected chi connectivity index (χ0v) is 24.1. The fourth-order valence-electron chi connectivity index (χ4n) is 5.36. The summed E-state index contributed by atoms with van der Waals surface area (Å²) in [6.45, 7) is 13.3. The number of nitro benzene ring substituents is 1. The van der Waals surface area contributed by atoms with Crippen molar-refractivity contribution in [3.63, 3.8) is 0 Å². The maximum atomic E-state index is 13.6. The van der Waals surface area contributed by atoms with Crippen molar-refractivity contribution in [2.45, 2.75) is 46.5 Å². The van der Waals surface area contributed by atoms with Gasteiger partial charge in [0.15, 0.2) is 0 Å². The summed E-state index contributed by atoms with van der Waals surface area (Å²) in [5.74, 6) is 0.599. The molecule has 0 saturated carbocycles. The summed E-state index contributed by atoms with van der Waals surface area (Å²) in [5.41, 5.74) is 1.43. The minimum absolute atomic E-state index is 0.138. The van der Waals surface area contributed by atoms with Crippen molar-refractivity contribution >= 4 is 17.6 Å². The average Bonchev–Trinajstić information content (AvgIpc) is 2.92. The second-order valence-corrected chi connectivity index (χ2v) is 11.1. The Hall–Kier alpha value is -3.68. The molecule has 1 fully saturated rings. The van der Waals surface area contributed by atoms with E-state index in [1.54, 1.807) is 19.9 Å². The third-order valence-corrected chi connectivity index (χ3v) is 7.31. The van der Waals surface area contributed by atoms with Crippen molar-refractivity contribution in [1.82, 2.24) is 15.1 Å². The number of unbranched alkanes of at least 4 members (excludes halogenated alkanes) is 1. The molecule has 2 aliphatic heterocycles. The highest BCUT2D eigenvalue weighted by Crippen LogP contribution is 2.40. The number of nitro groups is 1. The van der Waals surface area contributed by atoms with Gasteiger partial charge in [-0.25, -0.2) is 9.59 Å². The molecule has 216 valence electrons. The summed E-state index contributed by atoms with van der Waals surface area (Å²) in [7, 11) is 1.26. The molecule has 0 aromatic heterocycles. The molecular formula is C30H40N4O6. The molecular weight excluding hydrogens is 512 g/mol. The molecule has 0 bridgehead atoms. The largest absolute Gasteiger partial charge is 0.466 e. The molecule has 2 heterocycles. The van der Waals surface area contributed by atoms with Gasteiger partial charge in [0, 0.05) is 68.1 Å². The number of benzene rings is 1. The van der Waals surface area contributed by atoms with Crippen LogP contribution in [-0.2, 0) is 19.1 Å². The van der Waals surface area contributed by atoms with Crippen LogP contribution in [0.25, 0.3) is 0 Å². The molecule has 1 atom stereocenters. The van der Waals surface area contributed by atoms with Crippen LogP contribution in [0.1, 0.15) is 52.0 Å². The highest BCUT2D eigenvalue weighted by molar-refractivity contribution is 5.99. The summed E-state index contributed by atoms with van der Waals surface area (Å²) in [4.78, 5) is 42.2. The summed E-state index contributed by atoms with van der Waals surface area (Å²) in [6.07, 6.45) is 7.16. The summed E-state index contributed by atoms with van der Waals surface area (Å²) >= 11 is 0. The number of hydrogen-bond donors (Lipinski definition) is 1. The molecule has 3 rings (SSSR count). The van der Waals surface area contributed by atoms with Gasteiger partial charge in [-0.1, -0.05) is 26.0 Å². The molecule has 10 heteroatoms. The standard InChI is InChI=1S/C30H40N4O6/c1-7-8-9-13-32-14-16-33(17-15-32)19-30(4,5)20-40-29(36)26-22(3)31-21(2)25(28(35)39-6)27(26)23-11-10-12-24(18-23)34(37)38/h1,10-12,18,27,31H,8-9,13-17,19-20H2,2-6H3. The van der Waals surface area contributed by atoms with Crippen molar-refractivity contribution in [3.05, 3.63) is 62.5 Å². The Morgan fingerprint density at radius 3 is 2.35 bits per heavy atom. The quantitative estimate of drug-likeness (QED) is 0.145. The lowest BCUT2D eigenvalue weighted by Crippen LogP contribution is -2.49. The first-order valence-corrected chi connectivity index (χ1v) is 13.5. The number of allylic oxidation sites excluding steroid dienone is 2. The van der Waals surface area contributed by atoms with Gasteiger partial charge in [-0.15, -0.1) is 12.3 Å². The summed E-state index contributed by atoms with van der Waals surface area (Å²) in [6, 6.07) is 5.95. The Morgan fingerprint density at radius 1 is 1.12 bits per heavy atom. The third-order valence-electron chi connectivity index (χ3n) is 7.31. The maximum absolute atomic E-state index is 13.6. The Bertz CT molecular complexity index is 1220. The minimum atomic E-state index is -0.883. The highest BCUT2D eigenvalue weighted by Gasteiger charge is 2.39. The summed E-state index contributed by atoms with van der Waals surface area (Å²) in [5, 5.41) is 14.6. The number of hydrogen-bond acceptors (Lipinski definition) is 9. The third kappa shape index (κ3) is 7.71. The molecule has 2 aliphatic rings. The number of nitrogens with zero attached hydrogens (tertiary/aromatic N) is 3. The number of methoxy groups -OCH3 is 1. The molecule has 1 aromatic carbocycles. The lowest BCUT2D eigenvalue weighted by molar-refractivity contribution is -0.384. The van der Waals surface area contributed by atoms with Crippen LogP contribution < -0.4 is 5.32 Å². The Morgan fingerprint density at radius 2 is 1.75 bits per heavy atom. The number of non-ortho nitro benzene ring substituents is 1. The van der Waals surface area contributed by atoms with Crippen LogP contribution in [0.2, 0.25) is 0 Å². The fraction of sp³-hybridized carbons (Fsp3) is 0.533. The van der Waals surface area contributed by atoms with E-state index in [0.717, 1.165) is 52.1 Å². The zero-order valence-electron chi connectivity index (χ0n) is 24.1. The lowest BCUT2D eigenvalue weighted by Gasteiger charge is -2.39. The predicted octanol–water partition coefficient (Wildman–Crippen LogP) is 3.60. The molecule has 1 N–H and O–H groups in total. The maximum Gasteiger partial charge on any atom is 0.336 e. The first-order valence-electron chi connectivity index (χ1n) is 13.5. The van der Waals surface area contributed by atoms with Crippen molar-refractivity contribution in [1.29, 1.82) is 0 Å². The normalized spacial score (nSPS) is 18.6. The SMILES string of the molecule is C#CCCCN1CCN(CC(C)(C)COC(=O)C2=C(C)NC(C)=C(C(=O)OC)C2c2cccc([N+](=O)[O-])c2)CC1. The molecule has 1 unspecified atom stereocenters. The molecule has 10 nitrogen and oxygen atoms in total. The molecule has 0 aliphatic carbocycles. The number of dihydropyridines is 1. The number of piperazine rings is 1. The number of carbonyl (C=O) groups is 2. The fourth-order valence-corrected chi connectivity index (χ4v) is 5.36. The molecule has 40 heavy (non-hydrogen) atoms. The van der Waals surface area contributed by atoms with Gasteiger partial charge in [-0.2, -0.15) is 0 Å². The monoisotopic (exact) mass is 552 g/mol.